The lowest BCUT2D eigenvalue weighted by Crippen LogP contribution is -2.14. The monoisotopic (exact) mass is 278 g/mol. The minimum Gasteiger partial charge on any atom is -0.472 e. The molecule has 2 aromatic heterocycles. The first-order chi connectivity index (χ1) is 9.20. The molecule has 0 spiro atoms. The number of furan rings is 1. The lowest BCUT2D eigenvalue weighted by Gasteiger charge is -2.05. The summed E-state index contributed by atoms with van der Waals surface area (Å²) in [5.74, 6) is 0.629. The van der Waals surface area contributed by atoms with E-state index >= 15 is 0 Å². The molecular weight excluding hydrogens is 256 g/mol. The van der Waals surface area contributed by atoms with Crippen molar-refractivity contribution in [2.75, 3.05) is 6.54 Å². The van der Waals surface area contributed by atoms with Gasteiger partial charge in [-0.25, -0.2) is 4.98 Å². The number of rotatable bonds is 7. The molecule has 0 saturated heterocycles. The molecule has 0 saturated carbocycles. The predicted molar refractivity (Wildman–Crippen MR) is 80.4 cm³/mol. The maximum Gasteiger partial charge on any atom is 0.127 e. The van der Waals surface area contributed by atoms with Gasteiger partial charge < -0.3 is 9.73 Å². The second-order valence-corrected chi connectivity index (χ2v) is 6.26. The minimum atomic E-state index is 0.629. The van der Waals surface area contributed by atoms with Crippen molar-refractivity contribution in [3.8, 4) is 10.6 Å². The van der Waals surface area contributed by atoms with Crippen LogP contribution >= 0.6 is 11.3 Å². The smallest absolute Gasteiger partial charge is 0.127 e. The van der Waals surface area contributed by atoms with E-state index in [-0.39, 0.29) is 0 Å². The van der Waals surface area contributed by atoms with Crippen LogP contribution in [-0.4, -0.2) is 11.5 Å². The molecule has 4 heteroatoms. The maximum atomic E-state index is 5.15. The summed E-state index contributed by atoms with van der Waals surface area (Å²) in [4.78, 5) is 6.15. The van der Waals surface area contributed by atoms with Gasteiger partial charge in [0.05, 0.1) is 12.0 Å². The van der Waals surface area contributed by atoms with Gasteiger partial charge >= 0.3 is 0 Å². The second kappa shape index (κ2) is 6.87. The summed E-state index contributed by atoms with van der Waals surface area (Å²) in [7, 11) is 0. The normalized spacial score (nSPS) is 11.4. The van der Waals surface area contributed by atoms with Crippen LogP contribution < -0.4 is 5.32 Å². The molecule has 0 fully saturated rings. The van der Waals surface area contributed by atoms with Crippen LogP contribution in [0.4, 0.5) is 0 Å². The Labute approximate surface area is 119 Å². The van der Waals surface area contributed by atoms with Gasteiger partial charge in [0.25, 0.3) is 0 Å². The van der Waals surface area contributed by atoms with Crippen LogP contribution in [0.2, 0.25) is 0 Å². The summed E-state index contributed by atoms with van der Waals surface area (Å²) in [6.07, 6.45) is 5.67. The highest BCUT2D eigenvalue weighted by Crippen LogP contribution is 2.29. The zero-order valence-electron chi connectivity index (χ0n) is 11.9. The Morgan fingerprint density at radius 1 is 1.42 bits per heavy atom. The third kappa shape index (κ3) is 3.91. The summed E-state index contributed by atoms with van der Waals surface area (Å²) in [6.45, 7) is 8.64. The molecule has 1 N–H and O–H groups in total. The lowest BCUT2D eigenvalue weighted by atomic mass is 10.1. The van der Waals surface area contributed by atoms with E-state index in [0.717, 1.165) is 36.5 Å². The molecular formula is C15H22N2OS. The van der Waals surface area contributed by atoms with E-state index in [2.05, 4.69) is 26.1 Å². The standard InChI is InChI=1S/C15H22N2OS/c1-4-6-16-9-14-13(8-11(2)3)17-15(19-14)12-5-7-18-10-12/h5,7,10-11,16H,4,6,8-9H2,1-3H3. The summed E-state index contributed by atoms with van der Waals surface area (Å²) in [5.41, 5.74) is 2.32. The highest BCUT2D eigenvalue weighted by Gasteiger charge is 2.14. The van der Waals surface area contributed by atoms with E-state index in [9.17, 15) is 0 Å². The highest BCUT2D eigenvalue weighted by molar-refractivity contribution is 7.15. The van der Waals surface area contributed by atoms with E-state index in [0.29, 0.717) is 5.92 Å². The number of hydrogen-bond acceptors (Lipinski definition) is 4. The molecule has 0 aromatic carbocycles. The first kappa shape index (κ1) is 14.3. The number of nitrogens with zero attached hydrogens (tertiary/aromatic N) is 1. The molecule has 0 aliphatic rings. The van der Waals surface area contributed by atoms with Crippen molar-refractivity contribution >= 4 is 11.3 Å². The van der Waals surface area contributed by atoms with E-state index in [1.807, 2.05) is 6.07 Å². The Morgan fingerprint density at radius 3 is 2.89 bits per heavy atom. The zero-order chi connectivity index (χ0) is 13.7. The van der Waals surface area contributed by atoms with Gasteiger partial charge in [-0.3, -0.25) is 0 Å². The van der Waals surface area contributed by atoms with Gasteiger partial charge in [0, 0.05) is 17.0 Å². The third-order valence-corrected chi connectivity index (χ3v) is 4.01. The van der Waals surface area contributed by atoms with Crippen molar-refractivity contribution in [3.05, 3.63) is 29.2 Å². The van der Waals surface area contributed by atoms with Crippen LogP contribution in [0.3, 0.4) is 0 Å². The Kier molecular flexibility index (Phi) is 5.16. The summed E-state index contributed by atoms with van der Waals surface area (Å²) in [5, 5.41) is 4.54. The molecule has 0 radical (unpaired) electrons. The van der Waals surface area contributed by atoms with Crippen LogP contribution in [0.15, 0.2) is 23.0 Å². The number of thiazole rings is 1. The summed E-state index contributed by atoms with van der Waals surface area (Å²) in [6, 6.07) is 1.97. The fourth-order valence-corrected chi connectivity index (χ4v) is 3.00. The molecule has 0 atom stereocenters. The first-order valence-corrected chi connectivity index (χ1v) is 7.74. The van der Waals surface area contributed by atoms with E-state index in [1.165, 1.54) is 10.6 Å². The Morgan fingerprint density at radius 2 is 2.26 bits per heavy atom. The van der Waals surface area contributed by atoms with Gasteiger partial charge in [-0.1, -0.05) is 20.8 Å². The molecule has 0 amide bonds. The van der Waals surface area contributed by atoms with Crippen LogP contribution in [0.1, 0.15) is 37.8 Å². The predicted octanol–water partition coefficient (Wildman–Crippen LogP) is 4.10. The average molecular weight is 278 g/mol. The van der Waals surface area contributed by atoms with Gasteiger partial charge in [-0.15, -0.1) is 11.3 Å². The van der Waals surface area contributed by atoms with Gasteiger partial charge in [0.2, 0.25) is 0 Å². The second-order valence-electron chi connectivity index (χ2n) is 5.18. The molecule has 2 aromatic rings. The molecule has 0 aliphatic heterocycles. The van der Waals surface area contributed by atoms with E-state index < -0.39 is 0 Å². The van der Waals surface area contributed by atoms with Crippen LogP contribution in [0, 0.1) is 5.92 Å². The Bertz CT molecular complexity index is 488. The molecule has 0 aliphatic carbocycles. The van der Waals surface area contributed by atoms with Crippen molar-refractivity contribution in [2.45, 2.75) is 40.2 Å². The van der Waals surface area contributed by atoms with Gasteiger partial charge in [-0.05, 0) is 31.4 Å². The number of hydrogen-bond donors (Lipinski definition) is 1. The SMILES string of the molecule is CCCNCc1sc(-c2ccoc2)nc1CC(C)C. The maximum absolute atomic E-state index is 5.15. The van der Waals surface area contributed by atoms with E-state index in [4.69, 9.17) is 9.40 Å². The van der Waals surface area contributed by atoms with Gasteiger partial charge in [0.1, 0.15) is 11.3 Å². The number of aromatic nitrogens is 1. The van der Waals surface area contributed by atoms with Crippen molar-refractivity contribution in [1.29, 1.82) is 0 Å². The molecule has 19 heavy (non-hydrogen) atoms. The van der Waals surface area contributed by atoms with Crippen molar-refractivity contribution in [1.82, 2.24) is 10.3 Å². The van der Waals surface area contributed by atoms with E-state index in [1.54, 1.807) is 23.9 Å². The third-order valence-electron chi connectivity index (χ3n) is 2.86. The Hall–Kier alpha value is -1.13. The van der Waals surface area contributed by atoms with Crippen molar-refractivity contribution in [3.63, 3.8) is 0 Å². The molecule has 3 nitrogen and oxygen atoms in total. The van der Waals surface area contributed by atoms with Crippen LogP contribution in [-0.2, 0) is 13.0 Å². The fourth-order valence-electron chi connectivity index (χ4n) is 1.96. The van der Waals surface area contributed by atoms with Crippen LogP contribution in [0.25, 0.3) is 10.6 Å². The number of nitrogens with one attached hydrogen (secondary N) is 1. The lowest BCUT2D eigenvalue weighted by molar-refractivity contribution is 0.568. The minimum absolute atomic E-state index is 0.629. The average Bonchev–Trinajstić information content (AvgIpc) is 2.98. The van der Waals surface area contributed by atoms with Gasteiger partial charge in [0.15, 0.2) is 0 Å². The molecule has 2 heterocycles. The summed E-state index contributed by atoms with van der Waals surface area (Å²) < 4.78 is 5.15. The fraction of sp³-hybridized carbons (Fsp3) is 0.533. The van der Waals surface area contributed by atoms with Crippen LogP contribution in [0.5, 0.6) is 0 Å². The highest BCUT2D eigenvalue weighted by atomic mass is 32.1. The van der Waals surface area contributed by atoms with Crippen molar-refractivity contribution in [2.24, 2.45) is 5.92 Å². The topological polar surface area (TPSA) is 38.1 Å². The molecule has 0 unspecified atom stereocenters. The molecule has 0 bridgehead atoms. The Balaban J connectivity index is 2.18. The van der Waals surface area contributed by atoms with Crippen molar-refractivity contribution < 1.29 is 4.42 Å². The zero-order valence-corrected chi connectivity index (χ0v) is 12.7. The molecule has 104 valence electrons. The first-order valence-electron chi connectivity index (χ1n) is 6.92. The molecule has 2 rings (SSSR count). The van der Waals surface area contributed by atoms with Gasteiger partial charge in [-0.2, -0.15) is 0 Å². The largest absolute Gasteiger partial charge is 0.472 e. The summed E-state index contributed by atoms with van der Waals surface area (Å²) >= 11 is 1.78. The quantitative estimate of drug-likeness (QED) is 0.775.